The molecule has 0 saturated heterocycles. The monoisotopic (exact) mass is 416 g/mol. The third-order valence-corrected chi connectivity index (χ3v) is 11.2. The minimum absolute atomic E-state index is 0.0653. The van der Waals surface area contributed by atoms with Crippen LogP contribution in [0, 0.1) is 58.2 Å². The molecule has 0 bridgehead atoms. The van der Waals surface area contributed by atoms with Crippen molar-refractivity contribution in [2.75, 3.05) is 0 Å². The lowest BCUT2D eigenvalue weighted by molar-refractivity contribution is -0.161. The minimum atomic E-state index is -0.258. The molecule has 1 N–H and O–H groups in total. The molecular weight excluding hydrogens is 368 g/mol. The number of fused-ring (bicyclic) bond motifs is 5. The minimum Gasteiger partial charge on any atom is -0.393 e. The van der Waals surface area contributed by atoms with Crippen molar-refractivity contribution in [3.8, 4) is 0 Å². The van der Waals surface area contributed by atoms with E-state index in [4.69, 9.17) is 0 Å². The van der Waals surface area contributed by atoms with Gasteiger partial charge in [0.2, 0.25) is 0 Å². The number of aliphatic hydroxyl groups excluding tert-OH is 1. The van der Waals surface area contributed by atoms with E-state index in [1.165, 1.54) is 64.1 Å². The van der Waals surface area contributed by atoms with Crippen LogP contribution >= 0.6 is 0 Å². The lowest BCUT2D eigenvalue weighted by Crippen LogP contribution is -2.57. The van der Waals surface area contributed by atoms with Gasteiger partial charge in [-0.05, 0) is 104 Å². The van der Waals surface area contributed by atoms with Crippen molar-refractivity contribution in [2.24, 2.45) is 58.2 Å². The molecule has 2 nitrogen and oxygen atoms in total. The molecule has 4 fully saturated rings. The first-order chi connectivity index (χ1) is 14.2. The molecule has 30 heavy (non-hydrogen) atoms. The van der Waals surface area contributed by atoms with Crippen LogP contribution in [0.2, 0.25) is 0 Å². The summed E-state index contributed by atoms with van der Waals surface area (Å²) in [6.45, 7) is 12.4. The van der Waals surface area contributed by atoms with E-state index in [0.717, 1.165) is 36.0 Å². The Bertz CT molecular complexity index is 614. The van der Waals surface area contributed by atoms with Gasteiger partial charge in [0.15, 0.2) is 0 Å². The first-order valence-corrected chi connectivity index (χ1v) is 13.3. The average molecular weight is 417 g/mol. The van der Waals surface area contributed by atoms with E-state index >= 15 is 0 Å². The molecule has 4 aliphatic carbocycles. The van der Waals surface area contributed by atoms with E-state index in [-0.39, 0.29) is 17.4 Å². The van der Waals surface area contributed by atoms with Crippen LogP contribution in [0.5, 0.6) is 0 Å². The molecule has 1 unspecified atom stereocenters. The van der Waals surface area contributed by atoms with E-state index in [1.807, 2.05) is 0 Å². The Balaban J connectivity index is 1.51. The van der Waals surface area contributed by atoms with E-state index in [2.05, 4.69) is 34.6 Å². The predicted octanol–water partition coefficient (Wildman–Crippen LogP) is 6.89. The molecule has 0 aromatic heterocycles. The lowest BCUT2D eigenvalue weighted by Gasteiger charge is -2.62. The highest BCUT2D eigenvalue weighted by molar-refractivity contribution is 5.56. The second-order valence-electron chi connectivity index (χ2n) is 12.9. The molecule has 4 rings (SSSR count). The normalized spacial score (nSPS) is 49.2. The molecule has 0 aliphatic heterocycles. The zero-order valence-electron chi connectivity index (χ0n) is 20.4. The van der Waals surface area contributed by atoms with Crippen molar-refractivity contribution < 1.29 is 9.90 Å². The highest BCUT2D eigenvalue weighted by atomic mass is 16.3. The second kappa shape index (κ2) is 8.53. The van der Waals surface area contributed by atoms with Gasteiger partial charge < -0.3 is 9.90 Å². The smallest absolute Gasteiger partial charge is 0.123 e. The molecule has 0 aromatic carbocycles. The van der Waals surface area contributed by atoms with Crippen molar-refractivity contribution in [1.82, 2.24) is 0 Å². The summed E-state index contributed by atoms with van der Waals surface area (Å²) in [4.78, 5) is 12.1. The number of aliphatic hydroxyl groups is 1. The fourth-order valence-electron chi connectivity index (χ4n) is 9.62. The molecular formula is C28H48O2. The number of aldehydes is 1. The molecule has 0 heterocycles. The van der Waals surface area contributed by atoms with E-state index in [0.29, 0.717) is 23.7 Å². The van der Waals surface area contributed by atoms with Crippen LogP contribution in [-0.4, -0.2) is 17.5 Å². The summed E-state index contributed by atoms with van der Waals surface area (Å²) in [5.74, 6) is 5.58. The van der Waals surface area contributed by atoms with Crippen molar-refractivity contribution in [2.45, 2.75) is 111 Å². The molecule has 0 aromatic rings. The van der Waals surface area contributed by atoms with Gasteiger partial charge in [-0.2, -0.15) is 0 Å². The van der Waals surface area contributed by atoms with E-state index in [9.17, 15) is 9.90 Å². The summed E-state index contributed by atoms with van der Waals surface area (Å²) in [7, 11) is 0. The van der Waals surface area contributed by atoms with Crippen LogP contribution in [0.1, 0.15) is 105 Å². The Hall–Kier alpha value is -0.370. The quantitative estimate of drug-likeness (QED) is 0.478. The number of hydrogen-bond donors (Lipinski definition) is 1. The van der Waals surface area contributed by atoms with Gasteiger partial charge in [0.05, 0.1) is 6.10 Å². The van der Waals surface area contributed by atoms with Crippen LogP contribution in [-0.2, 0) is 4.79 Å². The SMILES string of the molecule is CC(C)CCC[C@@H](C)[C@H]1CC[C@H]2[C@H]3CC[C@@H]4C[C@H](O)CC(C=O)[C@]4(C)[C@H]3CC[C@]12C. The fraction of sp³-hybridized carbons (Fsp3) is 0.964. The number of hydrogen-bond acceptors (Lipinski definition) is 2. The third-order valence-electron chi connectivity index (χ3n) is 11.2. The number of rotatable bonds is 6. The van der Waals surface area contributed by atoms with Gasteiger partial charge in [-0.15, -0.1) is 0 Å². The Morgan fingerprint density at radius 2 is 1.73 bits per heavy atom. The summed E-state index contributed by atoms with van der Waals surface area (Å²) in [6.07, 6.45) is 14.9. The zero-order chi connectivity index (χ0) is 21.7. The summed E-state index contributed by atoms with van der Waals surface area (Å²) < 4.78 is 0. The predicted molar refractivity (Wildman–Crippen MR) is 124 cm³/mol. The van der Waals surface area contributed by atoms with Gasteiger partial charge in [0.1, 0.15) is 6.29 Å². The molecule has 0 radical (unpaired) electrons. The topological polar surface area (TPSA) is 37.3 Å². The maximum Gasteiger partial charge on any atom is 0.123 e. The summed E-state index contributed by atoms with van der Waals surface area (Å²) in [6, 6.07) is 0. The molecule has 4 saturated carbocycles. The van der Waals surface area contributed by atoms with E-state index in [1.54, 1.807) is 0 Å². The molecule has 2 heteroatoms. The highest BCUT2D eigenvalue weighted by Gasteiger charge is 2.62. The van der Waals surface area contributed by atoms with Crippen molar-refractivity contribution in [3.05, 3.63) is 0 Å². The first-order valence-electron chi connectivity index (χ1n) is 13.3. The third kappa shape index (κ3) is 3.61. The Kier molecular flexibility index (Phi) is 6.48. The van der Waals surface area contributed by atoms with Crippen LogP contribution in [0.25, 0.3) is 0 Å². The lowest BCUT2D eigenvalue weighted by atomic mass is 9.42. The standard InChI is InChI=1S/C28H48O2/c1-18(2)7-6-8-19(3)24-11-12-25-23-10-9-20-15-22(30)16-21(17-29)28(20,5)26(23)13-14-27(24,25)4/h17-26,30H,6-16H2,1-5H3/t19-,20-,21?,22+,23-,24-,25+,26+,27-,28-/m1/s1. The average Bonchev–Trinajstić information content (AvgIpc) is 3.05. The fourth-order valence-corrected chi connectivity index (χ4v) is 9.62. The molecule has 172 valence electrons. The number of carbonyl (C=O) groups excluding carboxylic acids is 1. The maximum absolute atomic E-state index is 12.1. The van der Waals surface area contributed by atoms with E-state index < -0.39 is 0 Å². The maximum atomic E-state index is 12.1. The summed E-state index contributed by atoms with van der Waals surface area (Å²) in [5, 5.41) is 10.4. The van der Waals surface area contributed by atoms with Crippen LogP contribution in [0.4, 0.5) is 0 Å². The van der Waals surface area contributed by atoms with Gasteiger partial charge in [-0.3, -0.25) is 0 Å². The van der Waals surface area contributed by atoms with Crippen LogP contribution < -0.4 is 0 Å². The molecule has 0 spiro atoms. The van der Waals surface area contributed by atoms with Crippen molar-refractivity contribution in [1.29, 1.82) is 0 Å². The van der Waals surface area contributed by atoms with Crippen LogP contribution in [0.15, 0.2) is 0 Å². The Morgan fingerprint density at radius 3 is 2.43 bits per heavy atom. The van der Waals surface area contributed by atoms with Crippen molar-refractivity contribution >= 4 is 6.29 Å². The van der Waals surface area contributed by atoms with Crippen molar-refractivity contribution in [3.63, 3.8) is 0 Å². The largest absolute Gasteiger partial charge is 0.393 e. The molecule has 4 aliphatic rings. The van der Waals surface area contributed by atoms with Gasteiger partial charge in [0, 0.05) is 5.92 Å². The van der Waals surface area contributed by atoms with Gasteiger partial charge in [-0.25, -0.2) is 0 Å². The zero-order valence-corrected chi connectivity index (χ0v) is 20.4. The van der Waals surface area contributed by atoms with Gasteiger partial charge in [0.25, 0.3) is 0 Å². The summed E-state index contributed by atoms with van der Waals surface area (Å²) in [5.41, 5.74) is 0.651. The Morgan fingerprint density at radius 1 is 0.967 bits per heavy atom. The van der Waals surface area contributed by atoms with Gasteiger partial charge >= 0.3 is 0 Å². The second-order valence-corrected chi connectivity index (χ2v) is 12.9. The Labute approximate surface area is 186 Å². The summed E-state index contributed by atoms with van der Waals surface area (Å²) >= 11 is 0. The van der Waals surface area contributed by atoms with Crippen LogP contribution in [0.3, 0.4) is 0 Å². The number of carbonyl (C=O) groups is 1. The highest BCUT2D eigenvalue weighted by Crippen LogP contribution is 2.69. The molecule has 0 amide bonds. The van der Waals surface area contributed by atoms with Gasteiger partial charge in [-0.1, -0.05) is 53.9 Å². The first kappa shape index (κ1) is 22.8. The molecule has 10 atom stereocenters.